The predicted octanol–water partition coefficient (Wildman–Crippen LogP) is 1.70. The van der Waals surface area contributed by atoms with Crippen LogP contribution in [0.1, 0.15) is 18.4 Å². The average molecular weight is 264 g/mol. The van der Waals surface area contributed by atoms with Crippen LogP contribution in [0.2, 0.25) is 0 Å². The summed E-state index contributed by atoms with van der Waals surface area (Å²) in [7, 11) is 3.17. The van der Waals surface area contributed by atoms with Gasteiger partial charge in [-0.1, -0.05) is 0 Å². The van der Waals surface area contributed by atoms with Gasteiger partial charge in [0.05, 0.1) is 20.8 Å². The minimum Gasteiger partial charge on any atom is -0.493 e. The first-order chi connectivity index (χ1) is 9.13. The monoisotopic (exact) mass is 264 g/mol. The topological polar surface area (TPSA) is 59.6 Å². The number of hydrogen-bond acceptors (Lipinski definition) is 4. The van der Waals surface area contributed by atoms with Crippen LogP contribution >= 0.6 is 0 Å². The van der Waals surface area contributed by atoms with E-state index in [1.165, 1.54) is 12.8 Å². The third-order valence-corrected chi connectivity index (χ3v) is 3.13. The summed E-state index contributed by atoms with van der Waals surface area (Å²) >= 11 is 0. The van der Waals surface area contributed by atoms with Gasteiger partial charge in [0.1, 0.15) is 0 Å². The predicted molar refractivity (Wildman–Crippen MR) is 73.9 cm³/mol. The molecule has 5 nitrogen and oxygen atoms in total. The van der Waals surface area contributed by atoms with Gasteiger partial charge < -0.3 is 20.1 Å². The van der Waals surface area contributed by atoms with Crippen molar-refractivity contribution in [2.24, 2.45) is 0 Å². The van der Waals surface area contributed by atoms with E-state index < -0.39 is 0 Å². The zero-order valence-corrected chi connectivity index (χ0v) is 11.6. The van der Waals surface area contributed by atoms with Crippen molar-refractivity contribution in [1.29, 1.82) is 0 Å². The maximum Gasteiger partial charge on any atom is 0.238 e. The summed E-state index contributed by atoms with van der Waals surface area (Å²) in [6.45, 7) is 2.27. The Kier molecular flexibility index (Phi) is 4.27. The Morgan fingerprint density at radius 1 is 1.26 bits per heavy atom. The third-order valence-electron chi connectivity index (χ3n) is 3.13. The quantitative estimate of drug-likeness (QED) is 0.821. The Labute approximate surface area is 113 Å². The lowest BCUT2D eigenvalue weighted by molar-refractivity contribution is -0.115. The second-order valence-corrected chi connectivity index (χ2v) is 4.73. The fourth-order valence-corrected chi connectivity index (χ4v) is 1.83. The van der Waals surface area contributed by atoms with Gasteiger partial charge in [-0.25, -0.2) is 0 Å². The lowest BCUT2D eigenvalue weighted by Gasteiger charge is -2.13. The molecular weight excluding hydrogens is 244 g/mol. The van der Waals surface area contributed by atoms with E-state index in [-0.39, 0.29) is 5.91 Å². The second kappa shape index (κ2) is 5.93. The van der Waals surface area contributed by atoms with E-state index in [4.69, 9.17) is 9.47 Å². The van der Waals surface area contributed by atoms with Crippen LogP contribution < -0.4 is 20.1 Å². The van der Waals surface area contributed by atoms with Crippen molar-refractivity contribution in [2.45, 2.75) is 25.8 Å². The summed E-state index contributed by atoms with van der Waals surface area (Å²) < 4.78 is 10.4. The normalized spacial score (nSPS) is 14.1. The van der Waals surface area contributed by atoms with Crippen LogP contribution in [0.5, 0.6) is 11.5 Å². The van der Waals surface area contributed by atoms with E-state index in [2.05, 4.69) is 10.6 Å². The number of carbonyl (C=O) groups is 1. The molecule has 104 valence electrons. The number of amides is 1. The SMILES string of the molecule is COc1cc(C)c(NC(=O)CNC2CC2)cc1OC. The van der Waals surface area contributed by atoms with Crippen molar-refractivity contribution in [1.82, 2.24) is 5.32 Å². The van der Waals surface area contributed by atoms with Gasteiger partial charge in [0, 0.05) is 17.8 Å². The van der Waals surface area contributed by atoms with Crippen molar-refractivity contribution < 1.29 is 14.3 Å². The Hall–Kier alpha value is -1.75. The number of ether oxygens (including phenoxy) is 2. The molecule has 1 aromatic rings. The molecule has 0 heterocycles. The number of hydrogen-bond donors (Lipinski definition) is 2. The highest BCUT2D eigenvalue weighted by atomic mass is 16.5. The Morgan fingerprint density at radius 3 is 2.47 bits per heavy atom. The fourth-order valence-electron chi connectivity index (χ4n) is 1.83. The number of rotatable bonds is 6. The number of aryl methyl sites for hydroxylation is 1. The second-order valence-electron chi connectivity index (χ2n) is 4.73. The Bertz CT molecular complexity index is 470. The summed E-state index contributed by atoms with van der Waals surface area (Å²) in [5.74, 6) is 1.23. The highest BCUT2D eigenvalue weighted by Gasteiger charge is 2.21. The fraction of sp³-hybridized carbons (Fsp3) is 0.500. The Morgan fingerprint density at radius 2 is 1.89 bits per heavy atom. The first-order valence-corrected chi connectivity index (χ1v) is 6.40. The van der Waals surface area contributed by atoms with Gasteiger partial charge in [-0.2, -0.15) is 0 Å². The van der Waals surface area contributed by atoms with Crippen LogP contribution in [0.15, 0.2) is 12.1 Å². The molecular formula is C14H20N2O3. The van der Waals surface area contributed by atoms with Crippen LogP contribution in [0.4, 0.5) is 5.69 Å². The number of nitrogens with one attached hydrogen (secondary N) is 2. The van der Waals surface area contributed by atoms with Crippen molar-refractivity contribution in [3.8, 4) is 11.5 Å². The standard InChI is InChI=1S/C14H20N2O3/c1-9-6-12(18-2)13(19-3)7-11(9)16-14(17)8-15-10-4-5-10/h6-7,10,15H,4-5,8H2,1-3H3,(H,16,17). The molecule has 0 aromatic heterocycles. The smallest absolute Gasteiger partial charge is 0.238 e. The van der Waals surface area contributed by atoms with Gasteiger partial charge in [-0.3, -0.25) is 4.79 Å². The highest BCUT2D eigenvalue weighted by Crippen LogP contribution is 2.32. The van der Waals surface area contributed by atoms with E-state index in [9.17, 15) is 4.79 Å². The van der Waals surface area contributed by atoms with Crippen LogP contribution in [0.25, 0.3) is 0 Å². The summed E-state index contributed by atoms with van der Waals surface area (Å²) in [6, 6.07) is 4.16. The molecule has 2 rings (SSSR count). The van der Waals surface area contributed by atoms with Crippen molar-refractivity contribution in [3.05, 3.63) is 17.7 Å². The van der Waals surface area contributed by atoms with E-state index >= 15 is 0 Å². The van der Waals surface area contributed by atoms with Gasteiger partial charge in [0.15, 0.2) is 11.5 Å². The summed E-state index contributed by atoms with van der Waals surface area (Å²) in [5, 5.41) is 6.06. The highest BCUT2D eigenvalue weighted by molar-refractivity contribution is 5.93. The van der Waals surface area contributed by atoms with Crippen LogP contribution in [-0.2, 0) is 4.79 Å². The minimum atomic E-state index is -0.0396. The minimum absolute atomic E-state index is 0.0396. The molecule has 0 bridgehead atoms. The third kappa shape index (κ3) is 3.61. The summed E-state index contributed by atoms with van der Waals surface area (Å²) in [5.41, 5.74) is 1.69. The molecule has 0 saturated heterocycles. The number of carbonyl (C=O) groups excluding carboxylic acids is 1. The average Bonchev–Trinajstić information content (AvgIpc) is 3.22. The molecule has 1 aliphatic carbocycles. The zero-order valence-electron chi connectivity index (χ0n) is 11.6. The van der Waals surface area contributed by atoms with E-state index in [1.54, 1.807) is 20.3 Å². The molecule has 1 aromatic carbocycles. The van der Waals surface area contributed by atoms with E-state index in [1.807, 2.05) is 13.0 Å². The van der Waals surface area contributed by atoms with Gasteiger partial charge in [0.25, 0.3) is 0 Å². The molecule has 1 saturated carbocycles. The molecule has 19 heavy (non-hydrogen) atoms. The molecule has 2 N–H and O–H groups in total. The number of methoxy groups -OCH3 is 2. The largest absolute Gasteiger partial charge is 0.493 e. The first-order valence-electron chi connectivity index (χ1n) is 6.40. The zero-order chi connectivity index (χ0) is 13.8. The molecule has 5 heteroatoms. The van der Waals surface area contributed by atoms with Gasteiger partial charge in [-0.05, 0) is 31.4 Å². The molecule has 1 fully saturated rings. The van der Waals surface area contributed by atoms with Crippen molar-refractivity contribution >= 4 is 11.6 Å². The van der Waals surface area contributed by atoms with Crippen molar-refractivity contribution in [2.75, 3.05) is 26.1 Å². The molecule has 1 amide bonds. The molecule has 0 spiro atoms. The number of benzene rings is 1. The number of anilines is 1. The lowest BCUT2D eigenvalue weighted by Crippen LogP contribution is -2.29. The van der Waals surface area contributed by atoms with Crippen LogP contribution in [-0.4, -0.2) is 32.7 Å². The lowest BCUT2D eigenvalue weighted by atomic mass is 10.1. The maximum atomic E-state index is 11.8. The summed E-state index contributed by atoms with van der Waals surface area (Å²) in [4.78, 5) is 11.8. The van der Waals surface area contributed by atoms with Gasteiger partial charge in [0.2, 0.25) is 5.91 Å². The van der Waals surface area contributed by atoms with E-state index in [0.29, 0.717) is 24.1 Å². The van der Waals surface area contributed by atoms with Gasteiger partial charge in [-0.15, -0.1) is 0 Å². The van der Waals surface area contributed by atoms with Crippen LogP contribution in [0.3, 0.4) is 0 Å². The summed E-state index contributed by atoms with van der Waals surface area (Å²) in [6.07, 6.45) is 2.34. The maximum absolute atomic E-state index is 11.8. The van der Waals surface area contributed by atoms with E-state index in [0.717, 1.165) is 11.3 Å². The van der Waals surface area contributed by atoms with Crippen LogP contribution in [0, 0.1) is 6.92 Å². The first kappa shape index (κ1) is 13.7. The molecule has 0 unspecified atom stereocenters. The van der Waals surface area contributed by atoms with Gasteiger partial charge >= 0.3 is 0 Å². The molecule has 0 aliphatic heterocycles. The molecule has 0 atom stereocenters. The van der Waals surface area contributed by atoms with Crippen molar-refractivity contribution in [3.63, 3.8) is 0 Å². The Balaban J connectivity index is 2.03. The molecule has 0 radical (unpaired) electrons. The molecule has 1 aliphatic rings.